The summed E-state index contributed by atoms with van der Waals surface area (Å²) in [7, 11) is 0. The molecule has 0 spiro atoms. The van der Waals surface area contributed by atoms with Crippen molar-refractivity contribution < 1.29 is 19.1 Å². The second-order valence-corrected chi connectivity index (χ2v) is 3.47. The van der Waals surface area contributed by atoms with E-state index in [9.17, 15) is 4.79 Å². The van der Waals surface area contributed by atoms with E-state index in [-0.39, 0.29) is 11.7 Å². The van der Waals surface area contributed by atoms with Gasteiger partial charge in [-0.25, -0.2) is 5.90 Å². The molecule has 0 unspecified atom stereocenters. The number of carbonyl (C=O) groups excluding carboxylic acids is 1. The van der Waals surface area contributed by atoms with Crippen molar-refractivity contribution in [3.05, 3.63) is 0 Å². The highest BCUT2D eigenvalue weighted by molar-refractivity contribution is 5.80. The summed E-state index contributed by atoms with van der Waals surface area (Å²) in [5.41, 5.74) is 0. The fraction of sp³-hybridized carbons (Fsp3) is 0.900. The van der Waals surface area contributed by atoms with Gasteiger partial charge in [-0.05, 0) is 0 Å². The Morgan fingerprint density at radius 2 is 1.60 bits per heavy atom. The van der Waals surface area contributed by atoms with E-state index < -0.39 is 0 Å². The second kappa shape index (κ2) is 10.0. The zero-order chi connectivity index (χ0) is 11.5. The van der Waals surface area contributed by atoms with Crippen LogP contribution in [0.4, 0.5) is 0 Å². The van der Waals surface area contributed by atoms with Crippen molar-refractivity contribution in [3.8, 4) is 0 Å². The molecule has 0 aromatic heterocycles. The molecule has 15 heavy (non-hydrogen) atoms. The molecule has 0 saturated carbocycles. The topological polar surface area (TPSA) is 70.8 Å². The number of carbonyl (C=O) groups is 1. The summed E-state index contributed by atoms with van der Waals surface area (Å²) in [4.78, 5) is 15.5. The average Bonchev–Trinajstić information content (AvgIpc) is 2.21. The number of hydrogen-bond acceptors (Lipinski definition) is 5. The zero-order valence-corrected chi connectivity index (χ0v) is 9.53. The summed E-state index contributed by atoms with van der Waals surface area (Å²) in [6.45, 7) is 6.08. The Balaban J connectivity index is 3.08. The van der Waals surface area contributed by atoms with Crippen molar-refractivity contribution in [3.63, 3.8) is 0 Å². The first-order valence-electron chi connectivity index (χ1n) is 5.18. The average molecular weight is 219 g/mol. The van der Waals surface area contributed by atoms with Gasteiger partial charge in [-0.3, -0.25) is 4.79 Å². The van der Waals surface area contributed by atoms with Crippen molar-refractivity contribution in [2.75, 3.05) is 33.0 Å². The minimum absolute atomic E-state index is 0.0894. The quantitative estimate of drug-likeness (QED) is 0.428. The van der Waals surface area contributed by atoms with Crippen LogP contribution in [0.25, 0.3) is 0 Å². The van der Waals surface area contributed by atoms with Crippen LogP contribution in [0.2, 0.25) is 0 Å². The van der Waals surface area contributed by atoms with Gasteiger partial charge in [0.15, 0.2) is 0 Å². The largest absolute Gasteiger partial charge is 0.379 e. The van der Waals surface area contributed by atoms with Gasteiger partial charge in [-0.1, -0.05) is 13.8 Å². The van der Waals surface area contributed by atoms with Crippen LogP contribution >= 0.6 is 0 Å². The molecular weight excluding hydrogens is 198 g/mol. The Morgan fingerprint density at radius 1 is 1.07 bits per heavy atom. The molecule has 5 nitrogen and oxygen atoms in total. The van der Waals surface area contributed by atoms with Crippen LogP contribution in [0.15, 0.2) is 0 Å². The highest BCUT2D eigenvalue weighted by Gasteiger charge is 2.05. The molecule has 0 rings (SSSR count). The molecule has 0 aromatic rings. The first-order valence-corrected chi connectivity index (χ1v) is 5.18. The Morgan fingerprint density at radius 3 is 2.13 bits per heavy atom. The molecule has 0 radical (unpaired) electrons. The molecule has 0 aliphatic carbocycles. The number of ether oxygens (including phenoxy) is 2. The molecule has 0 fully saturated rings. The molecule has 90 valence electrons. The fourth-order valence-corrected chi connectivity index (χ4v) is 0.890. The van der Waals surface area contributed by atoms with Gasteiger partial charge in [0.25, 0.3) is 0 Å². The monoisotopic (exact) mass is 219 g/mol. The Labute approximate surface area is 90.8 Å². The van der Waals surface area contributed by atoms with E-state index in [4.69, 9.17) is 15.4 Å². The molecule has 0 amide bonds. The van der Waals surface area contributed by atoms with Gasteiger partial charge in [0.1, 0.15) is 5.78 Å². The SMILES string of the molecule is CC(C)C(=O)CCOCCOCCON. The van der Waals surface area contributed by atoms with Gasteiger partial charge >= 0.3 is 0 Å². The lowest BCUT2D eigenvalue weighted by molar-refractivity contribution is -0.123. The van der Waals surface area contributed by atoms with Crippen molar-refractivity contribution in [1.82, 2.24) is 0 Å². The van der Waals surface area contributed by atoms with E-state index in [1.165, 1.54) is 0 Å². The number of Topliss-reactive ketones (excluding diaryl/α,β-unsaturated/α-hetero) is 1. The number of nitrogens with two attached hydrogens (primary N) is 1. The zero-order valence-electron chi connectivity index (χ0n) is 9.53. The third kappa shape index (κ3) is 9.81. The van der Waals surface area contributed by atoms with Crippen LogP contribution in [-0.2, 0) is 19.1 Å². The van der Waals surface area contributed by atoms with E-state index in [0.29, 0.717) is 39.5 Å². The highest BCUT2D eigenvalue weighted by atomic mass is 16.6. The first kappa shape index (κ1) is 14.5. The lowest BCUT2D eigenvalue weighted by Gasteiger charge is -2.06. The van der Waals surface area contributed by atoms with Gasteiger partial charge in [0.2, 0.25) is 0 Å². The van der Waals surface area contributed by atoms with Crippen molar-refractivity contribution >= 4 is 5.78 Å². The standard InChI is InChI=1S/C10H21NO4/c1-9(2)10(12)3-4-13-5-6-14-7-8-15-11/h9H,3-8,11H2,1-2H3. The lowest BCUT2D eigenvalue weighted by Crippen LogP contribution is -2.14. The molecule has 0 aliphatic rings. The van der Waals surface area contributed by atoms with E-state index in [1.807, 2.05) is 13.8 Å². The summed E-state index contributed by atoms with van der Waals surface area (Å²) >= 11 is 0. The Bertz CT molecular complexity index is 162. The Hall–Kier alpha value is -0.490. The van der Waals surface area contributed by atoms with E-state index in [2.05, 4.69) is 4.84 Å². The second-order valence-electron chi connectivity index (χ2n) is 3.47. The smallest absolute Gasteiger partial charge is 0.137 e. The third-order valence-corrected chi connectivity index (χ3v) is 1.85. The number of rotatable bonds is 10. The van der Waals surface area contributed by atoms with E-state index in [1.54, 1.807) is 0 Å². The van der Waals surface area contributed by atoms with E-state index in [0.717, 1.165) is 0 Å². The molecule has 0 atom stereocenters. The normalized spacial score (nSPS) is 10.9. The third-order valence-electron chi connectivity index (χ3n) is 1.85. The maximum absolute atomic E-state index is 11.2. The first-order chi connectivity index (χ1) is 7.18. The van der Waals surface area contributed by atoms with Crippen LogP contribution in [-0.4, -0.2) is 38.8 Å². The maximum Gasteiger partial charge on any atom is 0.137 e. The summed E-state index contributed by atoms with van der Waals surface area (Å²) in [5, 5.41) is 0. The molecular formula is C10H21NO4. The van der Waals surface area contributed by atoms with E-state index >= 15 is 0 Å². The summed E-state index contributed by atoms with van der Waals surface area (Å²) < 4.78 is 10.3. The minimum Gasteiger partial charge on any atom is -0.379 e. The van der Waals surface area contributed by atoms with Crippen LogP contribution in [0.1, 0.15) is 20.3 Å². The van der Waals surface area contributed by atoms with Gasteiger partial charge in [-0.15, -0.1) is 0 Å². The summed E-state index contributed by atoms with van der Waals surface area (Å²) in [5.74, 6) is 5.12. The van der Waals surface area contributed by atoms with Crippen molar-refractivity contribution in [1.29, 1.82) is 0 Å². The van der Waals surface area contributed by atoms with Gasteiger partial charge in [0.05, 0.1) is 33.0 Å². The molecule has 0 saturated heterocycles. The van der Waals surface area contributed by atoms with Crippen molar-refractivity contribution in [2.24, 2.45) is 11.8 Å². The van der Waals surface area contributed by atoms with Gasteiger partial charge in [-0.2, -0.15) is 0 Å². The van der Waals surface area contributed by atoms with Crippen LogP contribution in [0.5, 0.6) is 0 Å². The fourth-order valence-electron chi connectivity index (χ4n) is 0.890. The molecule has 5 heteroatoms. The molecule has 0 aliphatic heterocycles. The highest BCUT2D eigenvalue weighted by Crippen LogP contribution is 1.98. The predicted octanol–water partition coefficient (Wildman–Crippen LogP) is 0.525. The van der Waals surface area contributed by atoms with Crippen LogP contribution < -0.4 is 5.90 Å². The molecule has 0 bridgehead atoms. The predicted molar refractivity (Wildman–Crippen MR) is 56.2 cm³/mol. The summed E-state index contributed by atoms with van der Waals surface area (Å²) in [6, 6.07) is 0. The number of hydrogen-bond donors (Lipinski definition) is 1. The van der Waals surface area contributed by atoms with Crippen LogP contribution in [0.3, 0.4) is 0 Å². The van der Waals surface area contributed by atoms with Gasteiger partial charge < -0.3 is 14.3 Å². The Kier molecular flexibility index (Phi) is 9.71. The maximum atomic E-state index is 11.2. The molecule has 2 N–H and O–H groups in total. The molecule has 0 aromatic carbocycles. The van der Waals surface area contributed by atoms with Crippen LogP contribution in [0, 0.1) is 5.92 Å². The minimum atomic E-state index is 0.0894. The number of ketones is 1. The van der Waals surface area contributed by atoms with Crippen molar-refractivity contribution in [2.45, 2.75) is 20.3 Å². The lowest BCUT2D eigenvalue weighted by atomic mass is 10.1. The molecule has 0 heterocycles. The van der Waals surface area contributed by atoms with Gasteiger partial charge in [0, 0.05) is 12.3 Å². The summed E-state index contributed by atoms with van der Waals surface area (Å²) in [6.07, 6.45) is 0.476.